The third kappa shape index (κ3) is 5.15. The van der Waals surface area contributed by atoms with Gasteiger partial charge in [0.15, 0.2) is 11.6 Å². The Morgan fingerprint density at radius 1 is 1.19 bits per heavy atom. The lowest BCUT2D eigenvalue weighted by molar-refractivity contribution is 0.205. The van der Waals surface area contributed by atoms with Gasteiger partial charge in [-0.05, 0) is 74.3 Å². The molecule has 0 saturated heterocycles. The van der Waals surface area contributed by atoms with Crippen LogP contribution >= 0.6 is 0 Å². The summed E-state index contributed by atoms with van der Waals surface area (Å²) in [4.78, 5) is 4.67. The molecule has 26 heavy (non-hydrogen) atoms. The van der Waals surface area contributed by atoms with Gasteiger partial charge in [0, 0.05) is 6.72 Å². The van der Waals surface area contributed by atoms with E-state index < -0.39 is 11.6 Å². The summed E-state index contributed by atoms with van der Waals surface area (Å²) in [5, 5.41) is 3.16. The number of allylic oxidation sites excluding steroid dienone is 1. The van der Waals surface area contributed by atoms with E-state index >= 15 is 0 Å². The average Bonchev–Trinajstić information content (AvgIpc) is 2.65. The van der Waals surface area contributed by atoms with Crippen LogP contribution in [-0.2, 0) is 0 Å². The summed E-state index contributed by atoms with van der Waals surface area (Å²) < 4.78 is 28.5. The topological polar surface area (TPSA) is 21.6 Å². The second-order valence-electron chi connectivity index (χ2n) is 7.38. The molecule has 0 aromatic heterocycles. The fourth-order valence-corrected chi connectivity index (χ4v) is 4.41. The van der Waals surface area contributed by atoms with Crippen molar-refractivity contribution in [2.75, 3.05) is 0 Å². The van der Waals surface area contributed by atoms with Crippen molar-refractivity contribution < 1.29 is 13.6 Å². The van der Waals surface area contributed by atoms with Crippen molar-refractivity contribution in [3.05, 3.63) is 42.0 Å². The molecule has 1 aromatic rings. The number of hydrogen-bond acceptors (Lipinski definition) is 2. The van der Waals surface area contributed by atoms with E-state index in [9.17, 15) is 8.78 Å². The van der Waals surface area contributed by atoms with Gasteiger partial charge in [-0.3, -0.25) is 0 Å². The SMILES string of the molecule is C=CCCCC(CCC)C1CCC(c2ccc(ON=C)c(F)c2F)CC1. The van der Waals surface area contributed by atoms with Crippen LogP contribution < -0.4 is 4.84 Å². The van der Waals surface area contributed by atoms with E-state index in [-0.39, 0.29) is 11.7 Å². The molecule has 1 aliphatic rings. The summed E-state index contributed by atoms with van der Waals surface area (Å²) in [5.41, 5.74) is 0.469. The van der Waals surface area contributed by atoms with Gasteiger partial charge in [-0.1, -0.05) is 37.1 Å². The summed E-state index contributed by atoms with van der Waals surface area (Å²) in [7, 11) is 0. The van der Waals surface area contributed by atoms with E-state index in [4.69, 9.17) is 0 Å². The first kappa shape index (κ1) is 20.6. The fourth-order valence-electron chi connectivity index (χ4n) is 4.41. The molecule has 144 valence electrons. The molecule has 0 amide bonds. The van der Waals surface area contributed by atoms with Crippen molar-refractivity contribution in [2.45, 2.75) is 70.6 Å². The van der Waals surface area contributed by atoms with Crippen LogP contribution in [0.5, 0.6) is 5.75 Å². The zero-order valence-corrected chi connectivity index (χ0v) is 15.9. The second-order valence-corrected chi connectivity index (χ2v) is 7.38. The normalized spacial score (nSPS) is 21.2. The molecular weight excluding hydrogens is 332 g/mol. The van der Waals surface area contributed by atoms with Gasteiger partial charge in [-0.15, -0.1) is 6.58 Å². The van der Waals surface area contributed by atoms with Crippen LogP contribution in [0.3, 0.4) is 0 Å². The Morgan fingerprint density at radius 3 is 2.54 bits per heavy atom. The molecule has 1 fully saturated rings. The number of hydrogen-bond donors (Lipinski definition) is 0. The van der Waals surface area contributed by atoms with Crippen molar-refractivity contribution >= 4 is 6.72 Å². The van der Waals surface area contributed by atoms with E-state index in [2.05, 4.69) is 30.2 Å². The van der Waals surface area contributed by atoms with Gasteiger partial charge in [0.25, 0.3) is 0 Å². The third-order valence-electron chi connectivity index (χ3n) is 5.76. The summed E-state index contributed by atoms with van der Waals surface area (Å²) in [5.74, 6) is -0.438. The van der Waals surface area contributed by atoms with Crippen LogP contribution in [0.4, 0.5) is 8.78 Å². The van der Waals surface area contributed by atoms with Gasteiger partial charge in [0.1, 0.15) is 0 Å². The highest BCUT2D eigenvalue weighted by Crippen LogP contribution is 2.42. The van der Waals surface area contributed by atoms with Crippen LogP contribution in [0.25, 0.3) is 0 Å². The van der Waals surface area contributed by atoms with Gasteiger partial charge >= 0.3 is 0 Å². The molecule has 4 heteroatoms. The van der Waals surface area contributed by atoms with Crippen molar-refractivity contribution in [2.24, 2.45) is 17.0 Å². The molecule has 0 N–H and O–H groups in total. The van der Waals surface area contributed by atoms with Gasteiger partial charge in [0.05, 0.1) is 0 Å². The maximum atomic E-state index is 14.4. The predicted octanol–water partition coefficient (Wildman–Crippen LogP) is 7.01. The maximum Gasteiger partial charge on any atom is 0.204 e. The highest BCUT2D eigenvalue weighted by molar-refractivity contribution is 5.34. The largest absolute Gasteiger partial charge is 0.354 e. The van der Waals surface area contributed by atoms with Gasteiger partial charge < -0.3 is 4.84 Å². The van der Waals surface area contributed by atoms with Crippen molar-refractivity contribution in [3.63, 3.8) is 0 Å². The monoisotopic (exact) mass is 363 g/mol. The van der Waals surface area contributed by atoms with E-state index in [0.29, 0.717) is 11.5 Å². The molecule has 1 saturated carbocycles. The minimum atomic E-state index is -0.967. The lowest BCUT2D eigenvalue weighted by Crippen LogP contribution is -2.22. The van der Waals surface area contributed by atoms with Gasteiger partial charge in [-0.2, -0.15) is 4.39 Å². The molecule has 2 rings (SSSR count). The summed E-state index contributed by atoms with van der Waals surface area (Å²) in [6.07, 6.45) is 12.0. The van der Waals surface area contributed by atoms with Gasteiger partial charge in [-0.25, -0.2) is 4.39 Å². The first-order valence-corrected chi connectivity index (χ1v) is 9.84. The first-order valence-electron chi connectivity index (χ1n) is 9.84. The molecule has 0 heterocycles. The Morgan fingerprint density at radius 2 is 1.92 bits per heavy atom. The van der Waals surface area contributed by atoms with Crippen LogP contribution in [0, 0.1) is 23.5 Å². The number of halogens is 2. The van der Waals surface area contributed by atoms with Crippen LogP contribution in [0.15, 0.2) is 29.9 Å². The lowest BCUT2D eigenvalue weighted by atomic mass is 9.71. The zero-order valence-electron chi connectivity index (χ0n) is 15.9. The summed E-state index contributed by atoms with van der Waals surface area (Å²) >= 11 is 0. The second kappa shape index (κ2) is 10.4. The lowest BCUT2D eigenvalue weighted by Gasteiger charge is -2.34. The van der Waals surface area contributed by atoms with Crippen LogP contribution in [0.2, 0.25) is 0 Å². The Labute approximate surface area is 156 Å². The van der Waals surface area contributed by atoms with Crippen LogP contribution in [0.1, 0.15) is 76.2 Å². The van der Waals surface area contributed by atoms with Gasteiger partial charge in [0.2, 0.25) is 5.82 Å². The molecule has 0 bridgehead atoms. The van der Waals surface area contributed by atoms with E-state index in [1.807, 2.05) is 6.08 Å². The van der Waals surface area contributed by atoms with Crippen molar-refractivity contribution in [1.82, 2.24) is 0 Å². The third-order valence-corrected chi connectivity index (χ3v) is 5.76. The number of oxime groups is 1. The minimum Gasteiger partial charge on any atom is -0.354 e. The Hall–Kier alpha value is -1.71. The summed E-state index contributed by atoms with van der Waals surface area (Å²) in [6, 6.07) is 3.08. The van der Waals surface area contributed by atoms with Crippen molar-refractivity contribution in [3.8, 4) is 5.75 Å². The quantitative estimate of drug-likeness (QED) is 0.190. The molecule has 1 aliphatic carbocycles. The highest BCUT2D eigenvalue weighted by Gasteiger charge is 2.30. The first-order chi connectivity index (χ1) is 12.6. The smallest absolute Gasteiger partial charge is 0.204 e. The number of benzene rings is 1. The molecule has 0 spiro atoms. The predicted molar refractivity (Wildman–Crippen MR) is 104 cm³/mol. The summed E-state index contributed by atoms with van der Waals surface area (Å²) in [6.45, 7) is 9.19. The molecule has 0 radical (unpaired) electrons. The minimum absolute atomic E-state index is 0.0851. The number of rotatable bonds is 10. The number of unbranched alkanes of at least 4 members (excludes halogenated alkanes) is 1. The van der Waals surface area contributed by atoms with E-state index in [1.165, 1.54) is 31.7 Å². The van der Waals surface area contributed by atoms with Crippen molar-refractivity contribution in [1.29, 1.82) is 0 Å². The Bertz CT molecular complexity index is 594. The molecular formula is C22H31F2NO. The average molecular weight is 363 g/mol. The van der Waals surface area contributed by atoms with E-state index in [0.717, 1.165) is 38.0 Å². The Kier molecular flexibility index (Phi) is 8.27. The fraction of sp³-hybridized carbons (Fsp3) is 0.591. The molecule has 1 unspecified atom stereocenters. The molecule has 1 atom stereocenters. The molecule has 1 aromatic carbocycles. The Balaban J connectivity index is 1.99. The number of nitrogens with zero attached hydrogens (tertiary/aromatic N) is 1. The highest BCUT2D eigenvalue weighted by atomic mass is 19.2. The standard InChI is InChI=1S/C22H31F2NO/c1-4-6-7-9-16(8-5-2)17-10-12-18(13-11-17)19-14-15-20(26-25-3)22(24)21(19)23/h4,14-18H,1,3,5-13H2,2H3. The zero-order chi connectivity index (χ0) is 18.9. The van der Waals surface area contributed by atoms with E-state index in [1.54, 1.807) is 6.07 Å². The molecule has 2 nitrogen and oxygen atoms in total. The molecule has 0 aliphatic heterocycles. The maximum absolute atomic E-state index is 14.4. The van der Waals surface area contributed by atoms with Crippen LogP contribution in [-0.4, -0.2) is 6.72 Å².